The smallest absolute Gasteiger partial charge is 0.162 e. The van der Waals surface area contributed by atoms with Gasteiger partial charge in [0.05, 0.1) is 11.6 Å². The Labute approximate surface area is 168 Å². The van der Waals surface area contributed by atoms with Crippen LogP contribution in [0.5, 0.6) is 0 Å². The third-order valence-corrected chi connectivity index (χ3v) is 7.96. The molecule has 2 aromatic heterocycles. The first-order valence-electron chi connectivity index (χ1n) is 9.89. The van der Waals surface area contributed by atoms with Crippen molar-refractivity contribution in [2.75, 3.05) is 6.54 Å². The van der Waals surface area contributed by atoms with Gasteiger partial charge in [0.2, 0.25) is 0 Å². The van der Waals surface area contributed by atoms with Gasteiger partial charge in [0, 0.05) is 29.4 Å². The Balaban J connectivity index is 1.41. The Kier molecular flexibility index (Phi) is 3.83. The molecule has 0 aromatic carbocycles. The predicted octanol–water partition coefficient (Wildman–Crippen LogP) is 4.51. The van der Waals surface area contributed by atoms with Gasteiger partial charge in [-0.05, 0) is 42.1 Å². The topological polar surface area (TPSA) is 65.1 Å². The number of pyridine rings is 1. The minimum atomic E-state index is -0.246. The van der Waals surface area contributed by atoms with Crippen LogP contribution in [0.15, 0.2) is 35.1 Å². The number of H-pyrrole nitrogens is 1. The maximum atomic E-state index is 14.7. The molecule has 2 bridgehead atoms. The van der Waals surface area contributed by atoms with Crippen LogP contribution in [0, 0.1) is 16.7 Å². The fourth-order valence-electron chi connectivity index (χ4n) is 5.49. The van der Waals surface area contributed by atoms with Gasteiger partial charge in [-0.2, -0.15) is 0 Å². The minimum Gasteiger partial charge on any atom is -0.366 e. The van der Waals surface area contributed by atoms with Gasteiger partial charge in [-0.1, -0.05) is 32.4 Å². The van der Waals surface area contributed by atoms with Crippen LogP contribution in [0.4, 0.5) is 4.39 Å². The molecular weight excluding hydrogens is 377 g/mol. The Bertz CT molecular complexity index is 1020. The quantitative estimate of drug-likeness (QED) is 0.709. The van der Waals surface area contributed by atoms with Crippen LogP contribution in [0.2, 0.25) is 5.02 Å². The zero-order valence-electron chi connectivity index (χ0n) is 16.4. The lowest BCUT2D eigenvalue weighted by molar-refractivity contribution is 0.124. The van der Waals surface area contributed by atoms with Crippen LogP contribution < -0.4 is 10.6 Å². The van der Waals surface area contributed by atoms with Gasteiger partial charge in [0.25, 0.3) is 0 Å². The summed E-state index contributed by atoms with van der Waals surface area (Å²) >= 11 is 6.11. The van der Waals surface area contributed by atoms with Crippen molar-refractivity contribution in [3.63, 3.8) is 0 Å². The first-order chi connectivity index (χ1) is 13.3. The Morgan fingerprint density at radius 1 is 1.32 bits per heavy atom. The van der Waals surface area contributed by atoms with E-state index in [1.54, 1.807) is 6.20 Å². The van der Waals surface area contributed by atoms with Crippen molar-refractivity contribution < 1.29 is 4.39 Å². The summed E-state index contributed by atoms with van der Waals surface area (Å²) in [6.45, 7) is 7.10. The fourth-order valence-corrected chi connectivity index (χ4v) is 5.65. The lowest BCUT2D eigenvalue weighted by atomic mass is 9.69. The molecule has 0 radical (unpaired) electrons. The van der Waals surface area contributed by atoms with Crippen molar-refractivity contribution in [2.24, 2.45) is 21.7 Å². The zero-order valence-corrected chi connectivity index (χ0v) is 17.1. The Morgan fingerprint density at radius 2 is 2.14 bits per heavy atom. The number of hydrogen-bond acceptors (Lipinski definition) is 4. The van der Waals surface area contributed by atoms with E-state index in [4.69, 9.17) is 11.6 Å². The highest BCUT2D eigenvalue weighted by Crippen LogP contribution is 2.65. The third kappa shape index (κ3) is 2.43. The van der Waals surface area contributed by atoms with Crippen molar-refractivity contribution in [2.45, 2.75) is 46.1 Å². The van der Waals surface area contributed by atoms with E-state index in [1.165, 1.54) is 12.8 Å². The number of nitrogens with zero attached hydrogens (tertiary/aromatic N) is 2. The number of aromatic nitrogens is 2. The first kappa shape index (κ1) is 18.0. The van der Waals surface area contributed by atoms with E-state index >= 15 is 0 Å². The van der Waals surface area contributed by atoms with E-state index in [0.29, 0.717) is 22.6 Å². The number of aromatic amines is 1. The number of hydrogen-bond donors (Lipinski definition) is 3. The fraction of sp³-hybridized carbons (Fsp3) is 0.524. The highest BCUT2D eigenvalue weighted by molar-refractivity contribution is 6.31. The first-order valence-corrected chi connectivity index (χ1v) is 10.3. The van der Waals surface area contributed by atoms with Gasteiger partial charge < -0.3 is 15.6 Å². The maximum absolute atomic E-state index is 14.7. The number of amidine groups is 1. The van der Waals surface area contributed by atoms with Crippen molar-refractivity contribution in [3.05, 3.63) is 40.7 Å². The van der Waals surface area contributed by atoms with Crippen LogP contribution in [-0.2, 0) is 0 Å². The lowest BCUT2D eigenvalue weighted by Crippen LogP contribution is -2.48. The highest BCUT2D eigenvalue weighted by atomic mass is 35.5. The van der Waals surface area contributed by atoms with Gasteiger partial charge in [0.15, 0.2) is 5.83 Å². The molecule has 3 heterocycles. The summed E-state index contributed by atoms with van der Waals surface area (Å²) in [6.07, 6.45) is 6.98. The average Bonchev–Trinajstić information content (AvgIpc) is 3.22. The molecule has 3 aliphatic rings. The Hall–Kier alpha value is -2.08. The molecule has 1 aliphatic heterocycles. The molecule has 0 spiro atoms. The average molecular weight is 402 g/mol. The van der Waals surface area contributed by atoms with E-state index in [9.17, 15) is 4.39 Å². The van der Waals surface area contributed by atoms with E-state index in [1.807, 2.05) is 12.3 Å². The molecule has 0 amide bonds. The van der Waals surface area contributed by atoms with E-state index in [2.05, 4.69) is 46.4 Å². The molecule has 5 rings (SSSR count). The number of halogens is 2. The molecule has 3 atom stereocenters. The van der Waals surface area contributed by atoms with Gasteiger partial charge in [-0.25, -0.2) is 9.37 Å². The summed E-state index contributed by atoms with van der Waals surface area (Å²) in [6, 6.07) is 2.11. The van der Waals surface area contributed by atoms with Gasteiger partial charge in [0.1, 0.15) is 17.3 Å². The second-order valence-electron chi connectivity index (χ2n) is 9.13. The second-order valence-corrected chi connectivity index (χ2v) is 9.57. The highest BCUT2D eigenvalue weighted by Gasteiger charge is 2.61. The van der Waals surface area contributed by atoms with Crippen molar-refractivity contribution in [1.82, 2.24) is 20.6 Å². The van der Waals surface area contributed by atoms with Crippen molar-refractivity contribution in [3.8, 4) is 0 Å². The normalized spacial score (nSPS) is 31.2. The summed E-state index contributed by atoms with van der Waals surface area (Å²) < 4.78 is 14.7. The van der Waals surface area contributed by atoms with Gasteiger partial charge >= 0.3 is 0 Å². The predicted molar refractivity (Wildman–Crippen MR) is 110 cm³/mol. The Morgan fingerprint density at radius 3 is 2.86 bits per heavy atom. The number of nitrogens with one attached hydrogen (secondary N) is 3. The molecule has 3 N–H and O–H groups in total. The van der Waals surface area contributed by atoms with Crippen LogP contribution in [0.25, 0.3) is 11.0 Å². The van der Waals surface area contributed by atoms with E-state index in [0.717, 1.165) is 23.0 Å². The molecule has 5 nitrogen and oxygen atoms in total. The number of aliphatic imine (C=N–C) groups is 1. The van der Waals surface area contributed by atoms with Gasteiger partial charge in [-0.3, -0.25) is 4.99 Å². The molecule has 7 heteroatoms. The van der Waals surface area contributed by atoms with E-state index in [-0.39, 0.29) is 29.2 Å². The molecular formula is C21H25ClFN5. The third-order valence-electron chi connectivity index (χ3n) is 7.76. The summed E-state index contributed by atoms with van der Waals surface area (Å²) in [7, 11) is 0. The summed E-state index contributed by atoms with van der Waals surface area (Å²) in [5, 5.41) is 8.13. The maximum Gasteiger partial charge on any atom is 0.162 e. The molecule has 2 aliphatic carbocycles. The van der Waals surface area contributed by atoms with Crippen LogP contribution in [-0.4, -0.2) is 28.4 Å². The van der Waals surface area contributed by atoms with Crippen molar-refractivity contribution >= 4 is 28.5 Å². The zero-order chi connectivity index (χ0) is 19.7. The molecule has 2 fully saturated rings. The van der Waals surface area contributed by atoms with Gasteiger partial charge in [-0.15, -0.1) is 0 Å². The summed E-state index contributed by atoms with van der Waals surface area (Å²) in [4.78, 5) is 11.8. The standard InChI is InChI=1S/C21H25ClFN5/c1-20(2)11-4-5-21(20,3)16(6-11)27-19-15(23)10-26-18(28-19)14-9-25-17-13(14)7-12(22)8-24-17/h7-9,11,16,27H,4-6,10H2,1-3H3,(H,24,25)(H,26,28)/t11?,16-,21-/m0/s1. The molecule has 2 aromatic rings. The molecule has 148 valence electrons. The molecule has 1 unspecified atom stereocenters. The number of rotatable bonds is 3. The van der Waals surface area contributed by atoms with Crippen LogP contribution in [0.3, 0.4) is 0 Å². The lowest BCUT2D eigenvalue weighted by Gasteiger charge is -2.40. The van der Waals surface area contributed by atoms with Crippen molar-refractivity contribution in [1.29, 1.82) is 0 Å². The molecule has 28 heavy (non-hydrogen) atoms. The summed E-state index contributed by atoms with van der Waals surface area (Å²) in [5.74, 6) is 1.52. The minimum absolute atomic E-state index is 0.0294. The second kappa shape index (κ2) is 5.96. The van der Waals surface area contributed by atoms with Crippen LogP contribution >= 0.6 is 11.6 Å². The monoisotopic (exact) mass is 401 g/mol. The molecule has 0 saturated heterocycles. The van der Waals surface area contributed by atoms with E-state index < -0.39 is 0 Å². The largest absolute Gasteiger partial charge is 0.366 e. The SMILES string of the molecule is CC1(C)C2CC[C@@]1(C)[C@@H](NC1=C(F)CN=C(c3c[nH]c4ncc(Cl)cc34)N1)C2. The molecule has 2 saturated carbocycles. The van der Waals surface area contributed by atoms with Crippen LogP contribution in [0.1, 0.15) is 45.6 Å². The summed E-state index contributed by atoms with van der Waals surface area (Å²) in [5.41, 5.74) is 2.01. The number of fused-ring (bicyclic) bond motifs is 3.